The summed E-state index contributed by atoms with van der Waals surface area (Å²) in [5.74, 6) is 5.58. The molecule has 1 amide bonds. The number of aromatic nitrogens is 1. The van der Waals surface area contributed by atoms with Crippen LogP contribution in [0.4, 0.5) is 5.69 Å². The highest BCUT2D eigenvalue weighted by Gasteiger charge is 2.08. The topological polar surface area (TPSA) is 60.0 Å². The first kappa shape index (κ1) is 12.9. The lowest BCUT2D eigenvalue weighted by atomic mass is 10.2. The third-order valence-electron chi connectivity index (χ3n) is 2.65. The second-order valence-electron chi connectivity index (χ2n) is 4.04. The van der Waals surface area contributed by atoms with E-state index in [0.29, 0.717) is 12.2 Å². The van der Waals surface area contributed by atoms with Crippen molar-refractivity contribution in [3.05, 3.63) is 53.9 Å². The van der Waals surface area contributed by atoms with Crippen LogP contribution in [0.1, 0.15) is 16.1 Å². The number of carbonyl (C=O) groups excluding carboxylic acids is 1. The van der Waals surface area contributed by atoms with Gasteiger partial charge >= 0.3 is 0 Å². The molecule has 0 spiro atoms. The van der Waals surface area contributed by atoms with E-state index >= 15 is 0 Å². The van der Waals surface area contributed by atoms with Crippen molar-refractivity contribution in [2.45, 2.75) is 0 Å². The second-order valence-corrected chi connectivity index (χ2v) is 4.04. The van der Waals surface area contributed by atoms with Crippen molar-refractivity contribution >= 4 is 11.6 Å². The molecule has 2 aromatic rings. The maximum atomic E-state index is 12.0. The Kier molecular flexibility index (Phi) is 4.01. The minimum Gasteiger partial charge on any atom is -0.347 e. The Hall–Kier alpha value is -2.51. The van der Waals surface area contributed by atoms with Crippen molar-refractivity contribution in [3.8, 4) is 11.8 Å². The molecule has 0 fully saturated rings. The summed E-state index contributed by atoms with van der Waals surface area (Å²) in [6.07, 6.45) is 1.83. The molecule has 0 aliphatic carbocycles. The second kappa shape index (κ2) is 5.89. The number of amides is 1. The van der Waals surface area contributed by atoms with Crippen LogP contribution in [0.25, 0.3) is 0 Å². The van der Waals surface area contributed by atoms with E-state index < -0.39 is 0 Å². The first-order valence-electron chi connectivity index (χ1n) is 5.92. The fourth-order valence-corrected chi connectivity index (χ4v) is 1.68. The molecule has 4 heteroatoms. The monoisotopic (exact) mass is 253 g/mol. The molecule has 0 bridgehead atoms. The number of nitrogens with zero attached hydrogens (tertiary/aromatic N) is 1. The summed E-state index contributed by atoms with van der Waals surface area (Å²) >= 11 is 0. The average Bonchev–Trinajstić information content (AvgIpc) is 2.84. The van der Waals surface area contributed by atoms with Crippen LogP contribution in [0.5, 0.6) is 0 Å². The van der Waals surface area contributed by atoms with Crippen LogP contribution in [0.3, 0.4) is 0 Å². The average molecular weight is 253 g/mol. The Bertz CT molecular complexity index is 629. The molecular weight excluding hydrogens is 238 g/mol. The van der Waals surface area contributed by atoms with Gasteiger partial charge in [-0.15, -0.1) is 0 Å². The summed E-state index contributed by atoms with van der Waals surface area (Å²) in [6, 6.07) is 11.0. The van der Waals surface area contributed by atoms with Crippen molar-refractivity contribution in [2.75, 3.05) is 11.9 Å². The first-order valence-corrected chi connectivity index (χ1v) is 5.92. The highest BCUT2D eigenvalue weighted by atomic mass is 16.1. The number of aryl methyl sites for hydroxylation is 1. The third kappa shape index (κ3) is 3.24. The van der Waals surface area contributed by atoms with Crippen LogP contribution >= 0.6 is 0 Å². The van der Waals surface area contributed by atoms with Gasteiger partial charge in [-0.1, -0.05) is 11.8 Å². The molecule has 0 aliphatic heterocycles. The minimum atomic E-state index is -0.131. The molecule has 2 rings (SSSR count). The van der Waals surface area contributed by atoms with Gasteiger partial charge in [0.05, 0.1) is 6.54 Å². The number of benzene rings is 1. The van der Waals surface area contributed by atoms with E-state index in [-0.39, 0.29) is 5.91 Å². The van der Waals surface area contributed by atoms with Gasteiger partial charge < -0.3 is 15.6 Å². The number of hydrogen-bond donors (Lipinski definition) is 2. The maximum absolute atomic E-state index is 12.0. The van der Waals surface area contributed by atoms with Gasteiger partial charge in [-0.05, 0) is 36.4 Å². The first-order chi connectivity index (χ1) is 9.20. The van der Waals surface area contributed by atoms with Crippen LogP contribution in [0.2, 0.25) is 0 Å². The van der Waals surface area contributed by atoms with Crippen molar-refractivity contribution in [3.63, 3.8) is 0 Å². The molecule has 0 saturated heterocycles. The fraction of sp³-hybridized carbons (Fsp3) is 0.133. The highest BCUT2D eigenvalue weighted by molar-refractivity contribution is 6.03. The van der Waals surface area contributed by atoms with E-state index in [0.717, 1.165) is 11.3 Å². The number of hydrogen-bond acceptors (Lipinski definition) is 2. The molecule has 0 aliphatic rings. The summed E-state index contributed by atoms with van der Waals surface area (Å²) in [6.45, 7) is 0.339. The number of anilines is 1. The summed E-state index contributed by atoms with van der Waals surface area (Å²) in [5, 5.41) is 2.84. The SMILES string of the molecule is Cn1cccc1C(=O)Nc1ccc(C#CCN)cc1. The zero-order valence-corrected chi connectivity index (χ0v) is 10.7. The van der Waals surface area contributed by atoms with Crippen molar-refractivity contribution in [2.24, 2.45) is 12.8 Å². The Morgan fingerprint density at radius 1 is 1.32 bits per heavy atom. The number of carbonyl (C=O) groups is 1. The van der Waals surface area contributed by atoms with E-state index in [1.807, 2.05) is 43.6 Å². The minimum absolute atomic E-state index is 0.131. The van der Waals surface area contributed by atoms with Gasteiger partial charge in [0.1, 0.15) is 5.69 Å². The van der Waals surface area contributed by atoms with Crippen molar-refractivity contribution in [1.29, 1.82) is 0 Å². The van der Waals surface area contributed by atoms with Gasteiger partial charge in [-0.25, -0.2) is 0 Å². The van der Waals surface area contributed by atoms with Crippen molar-refractivity contribution in [1.82, 2.24) is 4.57 Å². The molecule has 1 aromatic heterocycles. The van der Waals surface area contributed by atoms with E-state index in [4.69, 9.17) is 5.73 Å². The number of nitrogens with two attached hydrogens (primary N) is 1. The lowest BCUT2D eigenvalue weighted by Crippen LogP contribution is -2.15. The maximum Gasteiger partial charge on any atom is 0.272 e. The van der Waals surface area contributed by atoms with E-state index in [1.165, 1.54) is 0 Å². The Balaban J connectivity index is 2.08. The third-order valence-corrected chi connectivity index (χ3v) is 2.65. The zero-order valence-electron chi connectivity index (χ0n) is 10.7. The zero-order chi connectivity index (χ0) is 13.7. The number of nitrogens with one attached hydrogen (secondary N) is 1. The number of rotatable bonds is 2. The summed E-state index contributed by atoms with van der Waals surface area (Å²) in [4.78, 5) is 12.0. The molecule has 1 aromatic carbocycles. The standard InChI is InChI=1S/C15H15N3O/c1-18-11-3-5-14(18)15(19)17-13-8-6-12(7-9-13)4-2-10-16/h3,5-9,11H,10,16H2,1H3,(H,17,19). The summed E-state index contributed by atoms with van der Waals surface area (Å²) in [7, 11) is 1.83. The van der Waals surface area contributed by atoms with Crippen LogP contribution in [0, 0.1) is 11.8 Å². The molecule has 0 saturated carbocycles. The molecule has 0 unspecified atom stereocenters. The van der Waals surface area contributed by atoms with Gasteiger partial charge in [0.25, 0.3) is 5.91 Å². The van der Waals surface area contributed by atoms with Gasteiger partial charge in [-0.2, -0.15) is 0 Å². The lowest BCUT2D eigenvalue weighted by Gasteiger charge is -2.06. The quantitative estimate of drug-likeness (QED) is 0.798. The largest absolute Gasteiger partial charge is 0.347 e. The molecule has 0 atom stereocenters. The molecule has 0 radical (unpaired) electrons. The van der Waals surface area contributed by atoms with Gasteiger partial charge in [0.2, 0.25) is 0 Å². The van der Waals surface area contributed by atoms with E-state index in [9.17, 15) is 4.79 Å². The fourth-order valence-electron chi connectivity index (χ4n) is 1.68. The van der Waals surface area contributed by atoms with Gasteiger partial charge in [-0.3, -0.25) is 4.79 Å². The Morgan fingerprint density at radius 2 is 2.05 bits per heavy atom. The smallest absolute Gasteiger partial charge is 0.272 e. The van der Waals surface area contributed by atoms with Gasteiger partial charge in [0, 0.05) is 24.5 Å². The predicted octanol–water partition coefficient (Wildman–Crippen LogP) is 1.59. The molecule has 96 valence electrons. The Labute approximate surface area is 112 Å². The highest BCUT2D eigenvalue weighted by Crippen LogP contribution is 2.11. The van der Waals surface area contributed by atoms with Crippen LogP contribution < -0.4 is 11.1 Å². The molecule has 3 N–H and O–H groups in total. The van der Waals surface area contributed by atoms with Crippen LogP contribution in [-0.4, -0.2) is 17.0 Å². The Morgan fingerprint density at radius 3 is 2.63 bits per heavy atom. The molecule has 19 heavy (non-hydrogen) atoms. The molecule has 1 heterocycles. The normalized spacial score (nSPS) is 9.58. The van der Waals surface area contributed by atoms with Crippen LogP contribution in [-0.2, 0) is 7.05 Å². The summed E-state index contributed by atoms with van der Waals surface area (Å²) in [5.41, 5.74) is 7.54. The summed E-state index contributed by atoms with van der Waals surface area (Å²) < 4.78 is 1.77. The van der Waals surface area contributed by atoms with E-state index in [1.54, 1.807) is 10.6 Å². The van der Waals surface area contributed by atoms with Crippen LogP contribution in [0.15, 0.2) is 42.6 Å². The lowest BCUT2D eigenvalue weighted by molar-refractivity contribution is 0.101. The van der Waals surface area contributed by atoms with E-state index in [2.05, 4.69) is 17.2 Å². The molecule has 4 nitrogen and oxygen atoms in total. The van der Waals surface area contributed by atoms with Crippen molar-refractivity contribution < 1.29 is 4.79 Å². The predicted molar refractivity (Wildman–Crippen MR) is 75.7 cm³/mol. The molecular formula is C15H15N3O. The van der Waals surface area contributed by atoms with Gasteiger partial charge in [0.15, 0.2) is 0 Å².